The highest BCUT2D eigenvalue weighted by Crippen LogP contribution is 2.20. The van der Waals surface area contributed by atoms with Gasteiger partial charge in [-0.05, 0) is 31.9 Å². The molecule has 0 spiro atoms. The van der Waals surface area contributed by atoms with Crippen LogP contribution in [0.15, 0.2) is 6.07 Å². The first kappa shape index (κ1) is 18.0. The van der Waals surface area contributed by atoms with Gasteiger partial charge in [0.2, 0.25) is 0 Å². The maximum Gasteiger partial charge on any atom is 0.317 e. The molecule has 0 aliphatic rings. The van der Waals surface area contributed by atoms with Crippen molar-refractivity contribution in [3.05, 3.63) is 34.4 Å². The van der Waals surface area contributed by atoms with E-state index in [0.717, 1.165) is 29.2 Å². The van der Waals surface area contributed by atoms with Crippen LogP contribution in [0.25, 0.3) is 0 Å². The Balaban J connectivity index is 1.82. The average Bonchev–Trinajstić information content (AvgIpc) is 3.10. The number of urea groups is 1. The van der Waals surface area contributed by atoms with E-state index in [9.17, 15) is 4.79 Å². The van der Waals surface area contributed by atoms with E-state index < -0.39 is 0 Å². The summed E-state index contributed by atoms with van der Waals surface area (Å²) in [5.74, 6) is 0. The maximum atomic E-state index is 12.2. The first-order valence-corrected chi connectivity index (χ1v) is 8.22. The molecule has 0 saturated heterocycles. The predicted octanol–water partition coefficient (Wildman–Crippen LogP) is 2.43. The minimum Gasteiger partial charge on any atom is -0.332 e. The van der Waals surface area contributed by atoms with E-state index in [1.807, 2.05) is 19.9 Å². The Hall–Kier alpha value is -2.31. The molecule has 0 fully saturated rings. The number of hydrogen-bond acceptors (Lipinski definition) is 3. The lowest BCUT2D eigenvalue weighted by Crippen LogP contribution is -2.38. The molecule has 2 heterocycles. The Morgan fingerprint density at radius 1 is 1.25 bits per heavy atom. The smallest absolute Gasteiger partial charge is 0.317 e. The lowest BCUT2D eigenvalue weighted by Gasteiger charge is -2.17. The number of carbonyl (C=O) groups excluding carboxylic acids is 1. The van der Waals surface area contributed by atoms with Crippen molar-refractivity contribution >= 4 is 6.03 Å². The van der Waals surface area contributed by atoms with Gasteiger partial charge in [0.1, 0.15) is 0 Å². The molecule has 0 unspecified atom stereocenters. The molecule has 0 bridgehead atoms. The third-order valence-electron chi connectivity index (χ3n) is 4.15. The van der Waals surface area contributed by atoms with Crippen LogP contribution < -0.4 is 5.32 Å². The largest absolute Gasteiger partial charge is 0.332 e. The van der Waals surface area contributed by atoms with Crippen LogP contribution in [0.2, 0.25) is 0 Å². The Bertz CT molecular complexity index is 675. The summed E-state index contributed by atoms with van der Waals surface area (Å²) >= 11 is 0. The average molecular weight is 332 g/mol. The minimum absolute atomic E-state index is 0.00410. The molecule has 7 heteroatoms. The van der Waals surface area contributed by atoms with Gasteiger partial charge in [0.25, 0.3) is 0 Å². The number of aryl methyl sites for hydroxylation is 2. The topological polar surface area (TPSA) is 89.7 Å². The van der Waals surface area contributed by atoms with Gasteiger partial charge < -0.3 is 10.2 Å². The number of aromatic nitrogens is 4. The van der Waals surface area contributed by atoms with Crippen LogP contribution in [0.3, 0.4) is 0 Å². The molecular weight excluding hydrogens is 304 g/mol. The predicted molar refractivity (Wildman–Crippen MR) is 93.9 cm³/mol. The summed E-state index contributed by atoms with van der Waals surface area (Å²) in [4.78, 5) is 13.9. The van der Waals surface area contributed by atoms with Crippen LogP contribution in [0.1, 0.15) is 49.1 Å². The van der Waals surface area contributed by atoms with Crippen molar-refractivity contribution in [2.75, 3.05) is 13.6 Å². The summed E-state index contributed by atoms with van der Waals surface area (Å²) in [7, 11) is 1.80. The van der Waals surface area contributed by atoms with Crippen molar-refractivity contribution in [1.82, 2.24) is 30.6 Å². The van der Waals surface area contributed by atoms with Crippen LogP contribution in [0.5, 0.6) is 0 Å². The summed E-state index contributed by atoms with van der Waals surface area (Å²) in [5, 5.41) is 17.3. The highest BCUT2D eigenvalue weighted by molar-refractivity contribution is 5.73. The van der Waals surface area contributed by atoms with E-state index in [0.29, 0.717) is 13.1 Å². The Morgan fingerprint density at radius 3 is 2.50 bits per heavy atom. The molecule has 2 aromatic rings. The molecule has 0 aliphatic carbocycles. The van der Waals surface area contributed by atoms with Crippen LogP contribution >= 0.6 is 0 Å². The molecule has 0 atom stereocenters. The van der Waals surface area contributed by atoms with Crippen LogP contribution in [-0.2, 0) is 18.4 Å². The second-order valence-corrected chi connectivity index (χ2v) is 7.27. The summed E-state index contributed by atoms with van der Waals surface area (Å²) in [6, 6.07) is 1.90. The first-order valence-electron chi connectivity index (χ1n) is 8.22. The van der Waals surface area contributed by atoms with Crippen molar-refractivity contribution in [3.8, 4) is 0 Å². The van der Waals surface area contributed by atoms with Crippen molar-refractivity contribution in [2.24, 2.45) is 0 Å². The zero-order valence-electron chi connectivity index (χ0n) is 15.4. The number of carbonyl (C=O) groups is 1. The monoisotopic (exact) mass is 332 g/mol. The Kier molecular flexibility index (Phi) is 5.31. The van der Waals surface area contributed by atoms with Crippen molar-refractivity contribution in [2.45, 2.75) is 53.0 Å². The highest BCUT2D eigenvalue weighted by Gasteiger charge is 2.18. The van der Waals surface area contributed by atoms with E-state index in [1.165, 1.54) is 5.56 Å². The van der Waals surface area contributed by atoms with Gasteiger partial charge in [0, 0.05) is 24.7 Å². The minimum atomic E-state index is -0.0966. The van der Waals surface area contributed by atoms with Gasteiger partial charge in [-0.3, -0.25) is 10.2 Å². The number of nitrogens with zero attached hydrogens (tertiary/aromatic N) is 3. The molecule has 7 nitrogen and oxygen atoms in total. The zero-order valence-corrected chi connectivity index (χ0v) is 15.4. The van der Waals surface area contributed by atoms with Gasteiger partial charge in [-0.15, -0.1) is 0 Å². The fraction of sp³-hybridized carbons (Fsp3) is 0.588. The zero-order chi connectivity index (χ0) is 17.9. The molecule has 3 N–H and O–H groups in total. The first-order chi connectivity index (χ1) is 11.2. The number of rotatable bonds is 5. The number of likely N-dealkylation sites (N-methyl/N-ethyl adjacent to an activating group) is 1. The second kappa shape index (κ2) is 7.07. The summed E-state index contributed by atoms with van der Waals surface area (Å²) in [6.45, 7) is 11.4. The van der Waals surface area contributed by atoms with Gasteiger partial charge in [-0.2, -0.15) is 10.2 Å². The molecule has 0 aliphatic heterocycles. The SMILES string of the molecule is Cc1n[nH]c(C)c1CCN(C)C(=O)NCc1cc(C(C)(C)C)n[nH]1. The second-order valence-electron chi connectivity index (χ2n) is 7.27. The van der Waals surface area contributed by atoms with E-state index >= 15 is 0 Å². The fourth-order valence-corrected chi connectivity index (χ4v) is 2.47. The number of amides is 2. The molecular formula is C17H28N6O. The summed E-state index contributed by atoms with van der Waals surface area (Å²) in [5.41, 5.74) is 5.13. The third kappa shape index (κ3) is 4.37. The Morgan fingerprint density at radius 2 is 1.96 bits per heavy atom. The third-order valence-corrected chi connectivity index (χ3v) is 4.15. The standard InChI is InChI=1S/C17H28N6O/c1-11-14(12(2)20-19-11)7-8-23(6)16(24)18-10-13-9-15(22-21-13)17(3,4)5/h9H,7-8,10H2,1-6H3,(H,18,24)(H,19,20)(H,21,22). The lowest BCUT2D eigenvalue weighted by molar-refractivity contribution is 0.208. The Labute approximate surface area is 143 Å². The van der Waals surface area contributed by atoms with Crippen molar-refractivity contribution in [1.29, 1.82) is 0 Å². The van der Waals surface area contributed by atoms with Gasteiger partial charge in [0.05, 0.1) is 23.6 Å². The van der Waals surface area contributed by atoms with Crippen molar-refractivity contribution in [3.63, 3.8) is 0 Å². The normalized spacial score (nSPS) is 11.6. The molecule has 0 radical (unpaired) electrons. The number of hydrogen-bond donors (Lipinski definition) is 3. The van der Waals surface area contributed by atoms with Gasteiger partial charge >= 0.3 is 6.03 Å². The molecule has 132 valence electrons. The number of H-pyrrole nitrogens is 2. The fourth-order valence-electron chi connectivity index (χ4n) is 2.47. The summed E-state index contributed by atoms with van der Waals surface area (Å²) < 4.78 is 0. The van der Waals surface area contributed by atoms with E-state index in [2.05, 4.69) is 46.5 Å². The van der Waals surface area contributed by atoms with Crippen LogP contribution in [0.4, 0.5) is 4.79 Å². The van der Waals surface area contributed by atoms with Gasteiger partial charge in [0.15, 0.2) is 0 Å². The van der Waals surface area contributed by atoms with Crippen LogP contribution in [-0.4, -0.2) is 44.9 Å². The molecule has 2 aromatic heterocycles. The molecule has 2 rings (SSSR count). The van der Waals surface area contributed by atoms with Gasteiger partial charge in [-0.1, -0.05) is 20.8 Å². The van der Waals surface area contributed by atoms with E-state index in [1.54, 1.807) is 11.9 Å². The number of nitrogens with one attached hydrogen (secondary N) is 3. The van der Waals surface area contributed by atoms with Crippen molar-refractivity contribution < 1.29 is 4.79 Å². The lowest BCUT2D eigenvalue weighted by atomic mass is 9.92. The summed E-state index contributed by atoms with van der Waals surface area (Å²) in [6.07, 6.45) is 0.788. The molecule has 0 saturated carbocycles. The molecule has 0 aromatic carbocycles. The van der Waals surface area contributed by atoms with E-state index in [4.69, 9.17) is 0 Å². The number of aromatic amines is 2. The van der Waals surface area contributed by atoms with Gasteiger partial charge in [-0.25, -0.2) is 4.79 Å². The quantitative estimate of drug-likeness (QED) is 0.785. The molecule has 24 heavy (non-hydrogen) atoms. The maximum absolute atomic E-state index is 12.2. The van der Waals surface area contributed by atoms with E-state index in [-0.39, 0.29) is 11.4 Å². The van der Waals surface area contributed by atoms with Crippen LogP contribution in [0, 0.1) is 13.8 Å². The molecule has 2 amide bonds. The highest BCUT2D eigenvalue weighted by atomic mass is 16.2.